The summed E-state index contributed by atoms with van der Waals surface area (Å²) in [4.78, 5) is 1.66. The Morgan fingerprint density at radius 1 is 1.10 bits per heavy atom. The highest BCUT2D eigenvalue weighted by atomic mass is 32.2. The summed E-state index contributed by atoms with van der Waals surface area (Å²) in [5, 5.41) is 0. The van der Waals surface area contributed by atoms with Crippen LogP contribution in [0, 0.1) is 0 Å². The maximum absolute atomic E-state index is 12.6. The number of nitrogens with zero attached hydrogens (tertiary/aromatic N) is 2. The number of piperazine rings is 1. The highest BCUT2D eigenvalue weighted by Crippen LogP contribution is 2.31. The van der Waals surface area contributed by atoms with Gasteiger partial charge in [-0.05, 0) is 25.2 Å². The average Bonchev–Trinajstić information content (AvgIpc) is 2.38. The van der Waals surface area contributed by atoms with Gasteiger partial charge in [0.2, 0.25) is 10.0 Å². The Bertz CT molecular complexity index is 579. The topological polar surface area (TPSA) is 40.6 Å². The number of hydrogen-bond acceptors (Lipinski definition) is 3. The minimum absolute atomic E-state index is 0.287. The van der Waals surface area contributed by atoms with Crippen molar-refractivity contribution in [1.82, 2.24) is 9.21 Å². The van der Waals surface area contributed by atoms with E-state index in [0.29, 0.717) is 19.2 Å². The number of benzene rings is 1. The first-order valence-corrected chi connectivity index (χ1v) is 7.51. The van der Waals surface area contributed by atoms with Crippen molar-refractivity contribution in [2.45, 2.75) is 11.1 Å². The summed E-state index contributed by atoms with van der Waals surface area (Å²) in [7, 11) is -1.99. The molecule has 0 amide bonds. The number of sulfonamides is 1. The lowest BCUT2D eigenvalue weighted by Crippen LogP contribution is -2.47. The summed E-state index contributed by atoms with van der Waals surface area (Å²) in [6.45, 7) is 1.71. The van der Waals surface area contributed by atoms with Gasteiger partial charge >= 0.3 is 6.18 Å². The van der Waals surface area contributed by atoms with Crippen LogP contribution >= 0.6 is 0 Å². The van der Waals surface area contributed by atoms with Crippen LogP contribution in [0.15, 0.2) is 29.2 Å². The van der Waals surface area contributed by atoms with Gasteiger partial charge in [-0.1, -0.05) is 6.07 Å². The predicted octanol–water partition coefficient (Wildman–Crippen LogP) is 1.64. The van der Waals surface area contributed by atoms with Gasteiger partial charge in [-0.15, -0.1) is 0 Å². The lowest BCUT2D eigenvalue weighted by Gasteiger charge is -2.31. The lowest BCUT2D eigenvalue weighted by molar-refractivity contribution is -0.137. The Labute approximate surface area is 115 Å². The van der Waals surface area contributed by atoms with Gasteiger partial charge in [0.25, 0.3) is 0 Å². The van der Waals surface area contributed by atoms with Crippen LogP contribution in [0.3, 0.4) is 0 Å². The molecule has 0 bridgehead atoms. The fourth-order valence-corrected chi connectivity index (χ4v) is 3.48. The second-order valence-electron chi connectivity index (χ2n) is 4.73. The van der Waals surface area contributed by atoms with Crippen LogP contribution in [-0.4, -0.2) is 50.8 Å². The monoisotopic (exact) mass is 308 g/mol. The van der Waals surface area contributed by atoms with Crippen LogP contribution < -0.4 is 0 Å². The zero-order valence-electron chi connectivity index (χ0n) is 10.9. The summed E-state index contributed by atoms with van der Waals surface area (Å²) in [6, 6.07) is 3.87. The summed E-state index contributed by atoms with van der Waals surface area (Å²) < 4.78 is 63.8. The smallest absolute Gasteiger partial charge is 0.304 e. The molecule has 0 aromatic heterocycles. The van der Waals surface area contributed by atoms with Crippen molar-refractivity contribution >= 4 is 10.0 Å². The molecular formula is C12H15F3N2O2S. The van der Waals surface area contributed by atoms with Gasteiger partial charge in [0.1, 0.15) is 0 Å². The van der Waals surface area contributed by atoms with E-state index in [9.17, 15) is 21.6 Å². The van der Waals surface area contributed by atoms with Gasteiger partial charge in [-0.2, -0.15) is 17.5 Å². The number of likely N-dealkylation sites (N-methyl/N-ethyl adjacent to an activating group) is 1. The Kier molecular flexibility index (Phi) is 4.08. The first kappa shape index (κ1) is 15.3. The van der Waals surface area contributed by atoms with E-state index in [2.05, 4.69) is 0 Å². The predicted molar refractivity (Wildman–Crippen MR) is 67.7 cm³/mol. The fraction of sp³-hybridized carbons (Fsp3) is 0.500. The maximum Gasteiger partial charge on any atom is 0.416 e. The molecule has 0 spiro atoms. The minimum atomic E-state index is -4.55. The van der Waals surface area contributed by atoms with Crippen LogP contribution in [0.2, 0.25) is 0 Å². The summed E-state index contributed by atoms with van der Waals surface area (Å²) in [6.07, 6.45) is -4.55. The van der Waals surface area contributed by atoms with Gasteiger partial charge in [-0.3, -0.25) is 0 Å². The van der Waals surface area contributed by atoms with E-state index in [1.54, 1.807) is 0 Å². The molecule has 0 saturated carbocycles. The zero-order chi connectivity index (χ0) is 15.0. The molecule has 1 aromatic carbocycles. The van der Waals surface area contributed by atoms with Gasteiger partial charge in [0.15, 0.2) is 0 Å². The molecule has 4 nitrogen and oxygen atoms in total. The van der Waals surface area contributed by atoms with E-state index >= 15 is 0 Å². The third kappa shape index (κ3) is 3.13. The molecular weight excluding hydrogens is 293 g/mol. The number of rotatable bonds is 2. The van der Waals surface area contributed by atoms with Crippen molar-refractivity contribution in [2.75, 3.05) is 33.2 Å². The van der Waals surface area contributed by atoms with Crippen LogP contribution in [0.5, 0.6) is 0 Å². The molecule has 1 aliphatic heterocycles. The van der Waals surface area contributed by atoms with E-state index in [1.165, 1.54) is 10.4 Å². The normalized spacial score (nSPS) is 19.2. The average molecular weight is 308 g/mol. The van der Waals surface area contributed by atoms with Crippen molar-refractivity contribution in [3.8, 4) is 0 Å². The Balaban J connectivity index is 2.30. The molecule has 112 valence electrons. The van der Waals surface area contributed by atoms with Crippen LogP contribution in [0.25, 0.3) is 0 Å². The standard InChI is InChI=1S/C12H15F3N2O2S/c1-16-5-7-17(8-6-16)20(18,19)11-4-2-3-10(9-11)12(13,14)15/h2-4,9H,5-8H2,1H3. The van der Waals surface area contributed by atoms with E-state index in [1.807, 2.05) is 11.9 Å². The molecule has 2 rings (SSSR count). The SMILES string of the molecule is CN1CCN(S(=O)(=O)c2cccc(C(F)(F)F)c2)CC1. The molecule has 0 N–H and O–H groups in total. The minimum Gasteiger partial charge on any atom is -0.304 e. The summed E-state index contributed by atoms with van der Waals surface area (Å²) >= 11 is 0. The molecule has 1 saturated heterocycles. The highest BCUT2D eigenvalue weighted by Gasteiger charge is 2.33. The molecule has 0 atom stereocenters. The molecule has 0 aliphatic carbocycles. The van der Waals surface area contributed by atoms with Crippen LogP contribution in [0.4, 0.5) is 13.2 Å². The molecule has 20 heavy (non-hydrogen) atoms. The quantitative estimate of drug-likeness (QED) is 0.834. The van der Waals surface area contributed by atoms with Gasteiger partial charge in [0, 0.05) is 26.2 Å². The third-order valence-electron chi connectivity index (χ3n) is 3.26. The summed E-state index contributed by atoms with van der Waals surface area (Å²) in [5.74, 6) is 0. The van der Waals surface area contributed by atoms with Crippen molar-refractivity contribution in [3.05, 3.63) is 29.8 Å². The first-order chi connectivity index (χ1) is 9.21. The molecule has 1 heterocycles. The zero-order valence-corrected chi connectivity index (χ0v) is 11.7. The fourth-order valence-electron chi connectivity index (χ4n) is 2.01. The Morgan fingerprint density at radius 3 is 2.25 bits per heavy atom. The van der Waals surface area contributed by atoms with Crippen molar-refractivity contribution in [3.63, 3.8) is 0 Å². The molecule has 1 fully saturated rings. The largest absolute Gasteiger partial charge is 0.416 e. The number of alkyl halides is 3. The highest BCUT2D eigenvalue weighted by molar-refractivity contribution is 7.89. The second kappa shape index (κ2) is 5.34. The molecule has 1 aliphatic rings. The van der Waals surface area contributed by atoms with E-state index in [4.69, 9.17) is 0 Å². The van der Waals surface area contributed by atoms with Gasteiger partial charge < -0.3 is 4.90 Å². The lowest BCUT2D eigenvalue weighted by atomic mass is 10.2. The molecule has 1 aromatic rings. The third-order valence-corrected chi connectivity index (χ3v) is 5.16. The first-order valence-electron chi connectivity index (χ1n) is 6.07. The molecule has 0 unspecified atom stereocenters. The molecule has 0 radical (unpaired) electrons. The van der Waals surface area contributed by atoms with Crippen molar-refractivity contribution in [1.29, 1.82) is 0 Å². The Hall–Kier alpha value is -1.12. The second-order valence-corrected chi connectivity index (χ2v) is 6.67. The number of halogens is 3. The van der Waals surface area contributed by atoms with Crippen molar-refractivity contribution < 1.29 is 21.6 Å². The maximum atomic E-state index is 12.6. The van der Waals surface area contributed by atoms with Gasteiger partial charge in [0.05, 0.1) is 10.5 Å². The van der Waals surface area contributed by atoms with E-state index in [-0.39, 0.29) is 18.0 Å². The van der Waals surface area contributed by atoms with Gasteiger partial charge in [-0.25, -0.2) is 8.42 Å². The van der Waals surface area contributed by atoms with Crippen LogP contribution in [-0.2, 0) is 16.2 Å². The Morgan fingerprint density at radius 2 is 1.70 bits per heavy atom. The number of hydrogen-bond donors (Lipinski definition) is 0. The van der Waals surface area contributed by atoms with Crippen LogP contribution in [0.1, 0.15) is 5.56 Å². The molecule has 8 heteroatoms. The summed E-state index contributed by atoms with van der Waals surface area (Å²) in [5.41, 5.74) is -0.951. The van der Waals surface area contributed by atoms with Crippen molar-refractivity contribution in [2.24, 2.45) is 0 Å². The van der Waals surface area contributed by atoms with E-state index < -0.39 is 21.8 Å². The van der Waals surface area contributed by atoms with E-state index in [0.717, 1.165) is 12.1 Å².